The second kappa shape index (κ2) is 4.52. The summed E-state index contributed by atoms with van der Waals surface area (Å²) in [5.74, 6) is -4.54. The number of rotatable bonds is 3. The van der Waals surface area contributed by atoms with E-state index in [1.807, 2.05) is 0 Å². The van der Waals surface area contributed by atoms with Crippen LogP contribution in [0.5, 0.6) is 0 Å². The first-order valence-electron chi connectivity index (χ1n) is 4.60. The van der Waals surface area contributed by atoms with E-state index in [1.165, 1.54) is 0 Å². The quantitative estimate of drug-likeness (QED) is 0.823. The van der Waals surface area contributed by atoms with Crippen LogP contribution in [0.2, 0.25) is 0 Å². The maximum absolute atomic E-state index is 12.8. The lowest BCUT2D eigenvalue weighted by atomic mass is 9.91. The molecule has 0 heterocycles. The first-order valence-corrected chi connectivity index (χ1v) is 4.60. The number of nitrogens with two attached hydrogens (primary N) is 1. The molecule has 1 atom stereocenters. The van der Waals surface area contributed by atoms with Gasteiger partial charge in [0.2, 0.25) is 5.54 Å². The molecule has 100 valence electrons. The van der Waals surface area contributed by atoms with Crippen molar-refractivity contribution in [2.45, 2.75) is 18.1 Å². The SMILES string of the molecule is NC(Cc1cc(F)cc(F)c1)(C(=O)O)C(F)(F)F. The predicted molar refractivity (Wildman–Crippen MR) is 50.7 cm³/mol. The Labute approximate surface area is 98.0 Å². The van der Waals surface area contributed by atoms with Crippen molar-refractivity contribution in [1.29, 1.82) is 0 Å². The van der Waals surface area contributed by atoms with Gasteiger partial charge in [-0.1, -0.05) is 0 Å². The van der Waals surface area contributed by atoms with Gasteiger partial charge in [-0.25, -0.2) is 13.6 Å². The first-order chi connectivity index (χ1) is 8.06. The van der Waals surface area contributed by atoms with Crippen molar-refractivity contribution >= 4 is 5.97 Å². The van der Waals surface area contributed by atoms with Gasteiger partial charge < -0.3 is 10.8 Å². The van der Waals surface area contributed by atoms with E-state index in [4.69, 9.17) is 10.8 Å². The Morgan fingerprint density at radius 1 is 1.17 bits per heavy atom. The van der Waals surface area contributed by atoms with Crippen molar-refractivity contribution in [2.24, 2.45) is 5.73 Å². The molecule has 0 radical (unpaired) electrons. The van der Waals surface area contributed by atoms with Gasteiger partial charge in [-0.3, -0.25) is 0 Å². The maximum Gasteiger partial charge on any atom is 0.417 e. The highest BCUT2D eigenvalue weighted by Crippen LogP contribution is 2.32. The van der Waals surface area contributed by atoms with Crippen LogP contribution in [0.25, 0.3) is 0 Å². The van der Waals surface area contributed by atoms with Crippen LogP contribution in [0.3, 0.4) is 0 Å². The van der Waals surface area contributed by atoms with Crippen LogP contribution in [-0.4, -0.2) is 22.8 Å². The molecule has 0 fully saturated rings. The van der Waals surface area contributed by atoms with E-state index in [-0.39, 0.29) is 0 Å². The summed E-state index contributed by atoms with van der Waals surface area (Å²) >= 11 is 0. The zero-order valence-corrected chi connectivity index (χ0v) is 8.76. The topological polar surface area (TPSA) is 63.3 Å². The summed E-state index contributed by atoms with van der Waals surface area (Å²) in [6.07, 6.45) is -6.51. The number of carbonyl (C=O) groups is 1. The summed E-state index contributed by atoms with van der Waals surface area (Å²) in [5, 5.41) is 8.54. The summed E-state index contributed by atoms with van der Waals surface area (Å²) in [6.45, 7) is 0. The van der Waals surface area contributed by atoms with E-state index in [9.17, 15) is 26.7 Å². The first kappa shape index (κ1) is 14.4. The number of halogens is 5. The molecule has 3 nitrogen and oxygen atoms in total. The van der Waals surface area contributed by atoms with Gasteiger partial charge in [0.05, 0.1) is 0 Å². The van der Waals surface area contributed by atoms with Gasteiger partial charge in [0.1, 0.15) is 11.6 Å². The van der Waals surface area contributed by atoms with Crippen LogP contribution in [0.1, 0.15) is 5.56 Å². The summed E-state index contributed by atoms with van der Waals surface area (Å²) in [6, 6.07) is 1.65. The van der Waals surface area contributed by atoms with Crippen molar-refractivity contribution in [3.05, 3.63) is 35.4 Å². The molecule has 1 unspecified atom stereocenters. The van der Waals surface area contributed by atoms with E-state index in [1.54, 1.807) is 0 Å². The van der Waals surface area contributed by atoms with Gasteiger partial charge in [0.25, 0.3) is 0 Å². The molecule has 1 aromatic rings. The van der Waals surface area contributed by atoms with E-state index in [2.05, 4.69) is 0 Å². The van der Waals surface area contributed by atoms with E-state index < -0.39 is 41.3 Å². The molecule has 0 amide bonds. The second-order valence-corrected chi connectivity index (χ2v) is 3.73. The number of carboxylic acids is 1. The molecular formula is C10H8F5NO2. The number of benzene rings is 1. The third-order valence-electron chi connectivity index (χ3n) is 2.29. The van der Waals surface area contributed by atoms with Gasteiger partial charge in [0, 0.05) is 12.5 Å². The minimum atomic E-state index is -5.25. The number of hydrogen-bond acceptors (Lipinski definition) is 2. The fourth-order valence-corrected chi connectivity index (χ4v) is 1.33. The number of hydrogen-bond donors (Lipinski definition) is 2. The van der Waals surface area contributed by atoms with E-state index >= 15 is 0 Å². The fraction of sp³-hybridized carbons (Fsp3) is 0.300. The van der Waals surface area contributed by atoms with Crippen molar-refractivity contribution in [1.82, 2.24) is 0 Å². The number of aliphatic carboxylic acids is 1. The molecule has 0 aliphatic rings. The maximum atomic E-state index is 12.8. The zero-order valence-electron chi connectivity index (χ0n) is 8.76. The molecular weight excluding hydrogens is 261 g/mol. The highest BCUT2D eigenvalue weighted by molar-refractivity contribution is 5.80. The molecule has 0 saturated heterocycles. The van der Waals surface area contributed by atoms with Crippen molar-refractivity contribution in [3.8, 4) is 0 Å². The predicted octanol–water partition coefficient (Wildman–Crippen LogP) is 1.85. The van der Waals surface area contributed by atoms with Crippen LogP contribution < -0.4 is 5.73 Å². The standard InChI is InChI=1S/C10H8F5NO2/c11-6-1-5(2-7(12)3-6)4-9(16,8(17)18)10(13,14)15/h1-3H,4,16H2,(H,17,18). The van der Waals surface area contributed by atoms with Crippen LogP contribution >= 0.6 is 0 Å². The molecule has 0 spiro atoms. The van der Waals surface area contributed by atoms with Crippen molar-refractivity contribution in [3.63, 3.8) is 0 Å². The van der Waals surface area contributed by atoms with Crippen molar-refractivity contribution < 1.29 is 31.9 Å². The molecule has 0 aliphatic carbocycles. The Balaban J connectivity index is 3.16. The summed E-state index contributed by atoms with van der Waals surface area (Å²) in [5.41, 5.74) is 0.700. The van der Waals surface area contributed by atoms with E-state index in [0.717, 1.165) is 0 Å². The summed E-state index contributed by atoms with van der Waals surface area (Å²) in [7, 11) is 0. The Morgan fingerprint density at radius 2 is 1.61 bits per heavy atom. The second-order valence-electron chi connectivity index (χ2n) is 3.73. The number of carboxylic acid groups (broad SMARTS) is 1. The van der Waals surface area contributed by atoms with E-state index in [0.29, 0.717) is 18.2 Å². The molecule has 3 N–H and O–H groups in total. The molecule has 18 heavy (non-hydrogen) atoms. The molecule has 0 bridgehead atoms. The molecule has 1 aromatic carbocycles. The van der Waals surface area contributed by atoms with Gasteiger partial charge in [-0.05, 0) is 17.7 Å². The monoisotopic (exact) mass is 269 g/mol. The van der Waals surface area contributed by atoms with Gasteiger partial charge in [0.15, 0.2) is 0 Å². The molecule has 8 heteroatoms. The van der Waals surface area contributed by atoms with Gasteiger partial charge >= 0.3 is 12.1 Å². The van der Waals surface area contributed by atoms with Gasteiger partial charge in [-0.2, -0.15) is 13.2 Å². The Hall–Kier alpha value is -1.70. The molecule has 0 saturated carbocycles. The Kier molecular flexibility index (Phi) is 3.61. The van der Waals surface area contributed by atoms with Crippen molar-refractivity contribution in [2.75, 3.05) is 0 Å². The minimum Gasteiger partial charge on any atom is -0.480 e. The van der Waals surface area contributed by atoms with Gasteiger partial charge in [-0.15, -0.1) is 0 Å². The lowest BCUT2D eigenvalue weighted by Gasteiger charge is -2.27. The van der Waals surface area contributed by atoms with Crippen LogP contribution in [-0.2, 0) is 11.2 Å². The summed E-state index contributed by atoms with van der Waals surface area (Å²) < 4.78 is 63.2. The zero-order chi connectivity index (χ0) is 14.1. The van der Waals surface area contributed by atoms with Crippen LogP contribution in [0.15, 0.2) is 18.2 Å². The smallest absolute Gasteiger partial charge is 0.417 e. The highest BCUT2D eigenvalue weighted by Gasteiger charge is 2.58. The van der Waals surface area contributed by atoms with Crippen LogP contribution in [0.4, 0.5) is 22.0 Å². The lowest BCUT2D eigenvalue weighted by Crippen LogP contribution is -2.61. The fourth-order valence-electron chi connectivity index (χ4n) is 1.33. The minimum absolute atomic E-state index is 0.454. The number of alkyl halides is 3. The average molecular weight is 269 g/mol. The third kappa shape index (κ3) is 2.76. The Bertz CT molecular complexity index is 454. The highest BCUT2D eigenvalue weighted by atomic mass is 19.4. The molecule has 0 aromatic heterocycles. The molecule has 0 aliphatic heterocycles. The summed E-state index contributed by atoms with van der Waals surface area (Å²) in [4.78, 5) is 10.6. The largest absolute Gasteiger partial charge is 0.480 e. The lowest BCUT2D eigenvalue weighted by molar-refractivity contribution is -0.201. The normalized spacial score (nSPS) is 15.2. The third-order valence-corrected chi connectivity index (χ3v) is 2.29. The molecule has 1 rings (SSSR count). The Morgan fingerprint density at radius 3 is 1.94 bits per heavy atom. The average Bonchev–Trinajstić information content (AvgIpc) is 2.13. The van der Waals surface area contributed by atoms with Crippen LogP contribution in [0, 0.1) is 11.6 Å².